The molecule has 0 atom stereocenters. The van der Waals surface area contributed by atoms with Crippen LogP contribution in [0.5, 0.6) is 5.75 Å². The average molecular weight is 275 g/mol. The van der Waals surface area contributed by atoms with Gasteiger partial charge in [-0.2, -0.15) is 0 Å². The van der Waals surface area contributed by atoms with Crippen molar-refractivity contribution in [3.05, 3.63) is 29.3 Å². The Bertz CT molecular complexity index is 496. The highest BCUT2D eigenvalue weighted by molar-refractivity contribution is 8.13. The van der Waals surface area contributed by atoms with Crippen LogP contribution in [0, 0.1) is 0 Å². The molecule has 17 heavy (non-hydrogen) atoms. The van der Waals surface area contributed by atoms with Crippen molar-refractivity contribution in [3.63, 3.8) is 0 Å². The van der Waals surface area contributed by atoms with Gasteiger partial charge in [0.1, 0.15) is 12.4 Å². The monoisotopic (exact) mass is 274 g/mol. The van der Waals surface area contributed by atoms with Crippen LogP contribution in [0.1, 0.15) is 24.0 Å². The molecule has 1 aliphatic carbocycles. The van der Waals surface area contributed by atoms with E-state index < -0.39 is 9.05 Å². The molecule has 0 aromatic heterocycles. The topological polar surface area (TPSA) is 43.4 Å². The van der Waals surface area contributed by atoms with Crippen molar-refractivity contribution in [3.8, 4) is 5.75 Å². The third-order valence-electron chi connectivity index (χ3n) is 2.92. The highest BCUT2D eigenvalue weighted by Crippen LogP contribution is 2.25. The van der Waals surface area contributed by atoms with Crippen LogP contribution < -0.4 is 4.74 Å². The molecule has 0 N–H and O–H groups in total. The van der Waals surface area contributed by atoms with Crippen molar-refractivity contribution in [2.75, 3.05) is 12.4 Å². The van der Waals surface area contributed by atoms with Gasteiger partial charge < -0.3 is 4.74 Å². The van der Waals surface area contributed by atoms with Gasteiger partial charge in [-0.05, 0) is 48.9 Å². The molecule has 1 aromatic carbocycles. The molecule has 0 saturated carbocycles. The first kappa shape index (κ1) is 12.7. The number of aryl methyl sites for hydroxylation is 2. The molecule has 3 nitrogen and oxygen atoms in total. The highest BCUT2D eigenvalue weighted by atomic mass is 35.7. The Kier molecular flexibility index (Phi) is 3.94. The van der Waals surface area contributed by atoms with Crippen molar-refractivity contribution >= 4 is 19.7 Å². The molecule has 5 heteroatoms. The third kappa shape index (κ3) is 3.89. The fraction of sp³-hybridized carbons (Fsp3) is 0.500. The van der Waals surface area contributed by atoms with Gasteiger partial charge in [-0.15, -0.1) is 0 Å². The van der Waals surface area contributed by atoms with Gasteiger partial charge in [0.15, 0.2) is 0 Å². The summed E-state index contributed by atoms with van der Waals surface area (Å²) in [6.07, 6.45) is 4.68. The lowest BCUT2D eigenvalue weighted by Gasteiger charge is -2.16. The summed E-state index contributed by atoms with van der Waals surface area (Å²) in [5.74, 6) is 0.567. The lowest BCUT2D eigenvalue weighted by atomic mass is 9.92. The normalized spacial score (nSPS) is 15.4. The van der Waals surface area contributed by atoms with E-state index in [0.717, 1.165) is 18.6 Å². The summed E-state index contributed by atoms with van der Waals surface area (Å²) in [5.41, 5.74) is 2.70. The Morgan fingerprint density at radius 2 is 1.88 bits per heavy atom. The van der Waals surface area contributed by atoms with Gasteiger partial charge in [0.05, 0.1) is 5.75 Å². The molecule has 0 amide bonds. The van der Waals surface area contributed by atoms with Crippen LogP contribution in [0.4, 0.5) is 0 Å². The zero-order valence-electron chi connectivity index (χ0n) is 9.49. The minimum absolute atomic E-state index is 0.102. The van der Waals surface area contributed by atoms with Crippen LogP contribution in [0.15, 0.2) is 18.2 Å². The van der Waals surface area contributed by atoms with E-state index in [-0.39, 0.29) is 12.4 Å². The summed E-state index contributed by atoms with van der Waals surface area (Å²) in [6, 6.07) is 5.97. The van der Waals surface area contributed by atoms with Gasteiger partial charge in [0, 0.05) is 10.7 Å². The molecule has 0 radical (unpaired) electrons. The number of halogens is 1. The number of ether oxygens (including phenoxy) is 1. The second kappa shape index (κ2) is 5.27. The Morgan fingerprint density at radius 3 is 2.59 bits per heavy atom. The van der Waals surface area contributed by atoms with E-state index >= 15 is 0 Å². The fourth-order valence-electron chi connectivity index (χ4n) is 2.06. The van der Waals surface area contributed by atoms with Gasteiger partial charge in [0.2, 0.25) is 9.05 Å². The number of fused-ring (bicyclic) bond motifs is 1. The molecule has 0 unspecified atom stereocenters. The minimum atomic E-state index is -3.46. The van der Waals surface area contributed by atoms with Gasteiger partial charge >= 0.3 is 0 Å². The van der Waals surface area contributed by atoms with E-state index in [9.17, 15) is 8.42 Å². The largest absolute Gasteiger partial charge is 0.492 e. The van der Waals surface area contributed by atoms with Crippen molar-refractivity contribution in [1.82, 2.24) is 0 Å². The first-order valence-corrected chi connectivity index (χ1v) is 8.19. The molecule has 94 valence electrons. The summed E-state index contributed by atoms with van der Waals surface area (Å²) >= 11 is 0. The fourth-order valence-corrected chi connectivity index (χ4v) is 2.53. The Morgan fingerprint density at radius 1 is 1.18 bits per heavy atom. The van der Waals surface area contributed by atoms with E-state index in [1.165, 1.54) is 24.0 Å². The molecule has 0 aliphatic heterocycles. The van der Waals surface area contributed by atoms with E-state index in [2.05, 4.69) is 6.07 Å². The predicted octanol–water partition coefficient (Wildman–Crippen LogP) is 2.51. The predicted molar refractivity (Wildman–Crippen MR) is 68.2 cm³/mol. The standard InChI is InChI=1S/C12H15ClO3S/c13-17(14,15)8-7-16-12-6-5-10-3-1-2-4-11(10)9-12/h5-6,9H,1-4,7-8H2. The van der Waals surface area contributed by atoms with E-state index in [0.29, 0.717) is 0 Å². The maximum atomic E-state index is 10.7. The van der Waals surface area contributed by atoms with Crippen molar-refractivity contribution in [2.24, 2.45) is 0 Å². The zero-order chi connectivity index (χ0) is 12.3. The van der Waals surface area contributed by atoms with Crippen molar-refractivity contribution in [1.29, 1.82) is 0 Å². The Hall–Kier alpha value is -0.740. The van der Waals surface area contributed by atoms with Gasteiger partial charge in [0.25, 0.3) is 0 Å². The van der Waals surface area contributed by atoms with Gasteiger partial charge in [-0.1, -0.05) is 6.07 Å². The number of hydrogen-bond donors (Lipinski definition) is 0. The third-order valence-corrected chi connectivity index (χ3v) is 4.03. The van der Waals surface area contributed by atoms with Gasteiger partial charge in [-0.25, -0.2) is 8.42 Å². The molecule has 1 aromatic rings. The lowest BCUT2D eigenvalue weighted by molar-refractivity contribution is 0.341. The zero-order valence-corrected chi connectivity index (χ0v) is 11.1. The van der Waals surface area contributed by atoms with Crippen LogP contribution in [0.2, 0.25) is 0 Å². The number of hydrogen-bond acceptors (Lipinski definition) is 3. The number of rotatable bonds is 4. The van der Waals surface area contributed by atoms with Crippen LogP contribution in [-0.2, 0) is 21.9 Å². The SMILES string of the molecule is O=S(=O)(Cl)CCOc1ccc2c(c1)CCCC2. The van der Waals surface area contributed by atoms with Crippen molar-refractivity contribution < 1.29 is 13.2 Å². The summed E-state index contributed by atoms with van der Waals surface area (Å²) in [6.45, 7) is 0.102. The maximum Gasteiger partial charge on any atom is 0.235 e. The van der Waals surface area contributed by atoms with Crippen molar-refractivity contribution in [2.45, 2.75) is 25.7 Å². The Balaban J connectivity index is 1.98. The highest BCUT2D eigenvalue weighted by Gasteiger charge is 2.10. The molecule has 0 bridgehead atoms. The smallest absolute Gasteiger partial charge is 0.235 e. The van der Waals surface area contributed by atoms with Crippen LogP contribution in [-0.4, -0.2) is 20.8 Å². The number of benzene rings is 1. The summed E-state index contributed by atoms with van der Waals surface area (Å²) in [7, 11) is 1.64. The van der Waals surface area contributed by atoms with Crippen LogP contribution in [0.3, 0.4) is 0 Å². The Labute approximate surface area is 106 Å². The molecular formula is C12H15ClO3S. The lowest BCUT2D eigenvalue weighted by Crippen LogP contribution is -2.09. The maximum absolute atomic E-state index is 10.7. The van der Waals surface area contributed by atoms with Gasteiger partial charge in [-0.3, -0.25) is 0 Å². The average Bonchev–Trinajstić information content (AvgIpc) is 2.27. The second-order valence-electron chi connectivity index (χ2n) is 4.23. The first-order chi connectivity index (χ1) is 8.04. The first-order valence-electron chi connectivity index (χ1n) is 5.71. The molecule has 0 saturated heterocycles. The summed E-state index contributed by atoms with van der Waals surface area (Å²) in [4.78, 5) is 0. The molecule has 1 aliphatic rings. The summed E-state index contributed by atoms with van der Waals surface area (Å²) in [5, 5.41) is 0. The molecule has 0 heterocycles. The summed E-state index contributed by atoms with van der Waals surface area (Å²) < 4.78 is 26.9. The minimum Gasteiger partial charge on any atom is -0.492 e. The molecule has 2 rings (SSSR count). The second-order valence-corrected chi connectivity index (χ2v) is 7.13. The van der Waals surface area contributed by atoms with Crippen LogP contribution in [0.25, 0.3) is 0 Å². The van der Waals surface area contributed by atoms with E-state index in [1.54, 1.807) is 0 Å². The van der Waals surface area contributed by atoms with E-state index in [4.69, 9.17) is 15.4 Å². The molecular weight excluding hydrogens is 260 g/mol. The molecule has 0 fully saturated rings. The quantitative estimate of drug-likeness (QED) is 0.793. The molecule has 0 spiro atoms. The van der Waals surface area contributed by atoms with E-state index in [1.807, 2.05) is 12.1 Å². The van der Waals surface area contributed by atoms with Crippen LogP contribution >= 0.6 is 10.7 Å².